The quantitative estimate of drug-likeness (QED) is 0.845. The molecule has 2 aromatic rings. The number of para-hydroxylation sites is 2. The molecule has 0 aliphatic heterocycles. The summed E-state index contributed by atoms with van der Waals surface area (Å²) < 4.78 is 27.3. The van der Waals surface area contributed by atoms with Gasteiger partial charge in [-0.05, 0) is 40.2 Å². The van der Waals surface area contributed by atoms with Crippen molar-refractivity contribution in [2.45, 2.75) is 0 Å². The van der Waals surface area contributed by atoms with Crippen molar-refractivity contribution in [2.24, 2.45) is 0 Å². The summed E-state index contributed by atoms with van der Waals surface area (Å²) in [5, 5.41) is 4.62. The zero-order valence-electron chi connectivity index (χ0n) is 9.58. The van der Waals surface area contributed by atoms with Gasteiger partial charge >= 0.3 is 6.03 Å². The Hall–Kier alpha value is -1.95. The number of carbonyl (C=O) groups is 1. The van der Waals surface area contributed by atoms with Gasteiger partial charge in [0.2, 0.25) is 0 Å². The number of hydrogen-bond donors (Lipinski definition) is 2. The third-order valence-electron chi connectivity index (χ3n) is 2.32. The summed E-state index contributed by atoms with van der Waals surface area (Å²) in [4.78, 5) is 11.7. The topological polar surface area (TPSA) is 41.1 Å². The van der Waals surface area contributed by atoms with Crippen LogP contribution in [0.5, 0.6) is 0 Å². The van der Waals surface area contributed by atoms with Crippen LogP contribution in [-0.4, -0.2) is 6.03 Å². The maximum atomic E-state index is 13.3. The normalized spacial score (nSPS) is 10.1. The lowest BCUT2D eigenvalue weighted by Crippen LogP contribution is -2.21. The average molecular weight is 327 g/mol. The molecule has 0 fully saturated rings. The number of hydrogen-bond acceptors (Lipinski definition) is 1. The molecule has 3 nitrogen and oxygen atoms in total. The Morgan fingerprint density at radius 1 is 0.947 bits per heavy atom. The van der Waals surface area contributed by atoms with Crippen LogP contribution in [0.3, 0.4) is 0 Å². The highest BCUT2D eigenvalue weighted by molar-refractivity contribution is 9.10. The number of urea groups is 1. The van der Waals surface area contributed by atoms with Crippen LogP contribution in [0, 0.1) is 11.6 Å². The largest absolute Gasteiger partial charge is 0.323 e. The maximum Gasteiger partial charge on any atom is 0.323 e. The number of rotatable bonds is 2. The van der Waals surface area contributed by atoms with E-state index in [1.54, 1.807) is 24.3 Å². The standard InChI is InChI=1S/C13H9BrF2N2O/c14-8-4-1-2-7-11(8)17-13(19)18-12-9(15)5-3-6-10(12)16/h1-7H,(H2,17,18,19). The van der Waals surface area contributed by atoms with Gasteiger partial charge in [-0.3, -0.25) is 0 Å². The minimum atomic E-state index is -0.831. The first kappa shape index (κ1) is 13.5. The van der Waals surface area contributed by atoms with Gasteiger partial charge in [0.25, 0.3) is 0 Å². The second-order valence-electron chi connectivity index (χ2n) is 3.66. The highest BCUT2D eigenvalue weighted by Crippen LogP contribution is 2.22. The van der Waals surface area contributed by atoms with Crippen LogP contribution < -0.4 is 10.6 Å². The number of benzene rings is 2. The van der Waals surface area contributed by atoms with Gasteiger partial charge in [-0.25, -0.2) is 13.6 Å². The molecular formula is C13H9BrF2N2O. The van der Waals surface area contributed by atoms with Crippen molar-refractivity contribution in [3.63, 3.8) is 0 Å². The third kappa shape index (κ3) is 3.29. The van der Waals surface area contributed by atoms with Crippen molar-refractivity contribution in [3.05, 3.63) is 58.6 Å². The molecule has 0 aromatic heterocycles. The van der Waals surface area contributed by atoms with Gasteiger partial charge in [-0.2, -0.15) is 0 Å². The van der Waals surface area contributed by atoms with Gasteiger partial charge < -0.3 is 10.6 Å². The lowest BCUT2D eigenvalue weighted by atomic mass is 10.3. The summed E-state index contributed by atoms with van der Waals surface area (Å²) in [5.41, 5.74) is 0.0174. The van der Waals surface area contributed by atoms with E-state index in [1.165, 1.54) is 6.07 Å². The van der Waals surface area contributed by atoms with Crippen LogP contribution in [0.4, 0.5) is 25.0 Å². The maximum absolute atomic E-state index is 13.3. The molecule has 0 radical (unpaired) electrons. The van der Waals surface area contributed by atoms with Crippen molar-refractivity contribution < 1.29 is 13.6 Å². The molecule has 0 saturated carbocycles. The van der Waals surface area contributed by atoms with Crippen molar-refractivity contribution in [2.75, 3.05) is 10.6 Å². The number of halogens is 3. The summed E-state index contributed by atoms with van der Waals surface area (Å²) in [7, 11) is 0. The van der Waals surface area contributed by atoms with Gasteiger partial charge in [-0.15, -0.1) is 0 Å². The van der Waals surface area contributed by atoms with Gasteiger partial charge in [0, 0.05) is 4.47 Å². The van der Waals surface area contributed by atoms with Gasteiger partial charge in [0.1, 0.15) is 17.3 Å². The molecule has 0 bridgehead atoms. The monoisotopic (exact) mass is 326 g/mol. The molecule has 19 heavy (non-hydrogen) atoms. The summed E-state index contributed by atoms with van der Waals surface area (Å²) in [6.07, 6.45) is 0. The molecule has 0 aliphatic rings. The first-order valence-corrected chi connectivity index (χ1v) is 6.14. The van der Waals surface area contributed by atoms with Crippen LogP contribution in [-0.2, 0) is 0 Å². The highest BCUT2D eigenvalue weighted by atomic mass is 79.9. The Morgan fingerprint density at radius 3 is 2.21 bits per heavy atom. The fraction of sp³-hybridized carbons (Fsp3) is 0. The van der Waals surface area contributed by atoms with E-state index < -0.39 is 23.4 Å². The minimum Gasteiger partial charge on any atom is -0.307 e. The number of anilines is 2. The van der Waals surface area contributed by atoms with Crippen LogP contribution in [0.15, 0.2) is 46.9 Å². The smallest absolute Gasteiger partial charge is 0.307 e. The number of nitrogens with one attached hydrogen (secondary N) is 2. The number of amides is 2. The van der Waals surface area contributed by atoms with E-state index in [9.17, 15) is 13.6 Å². The van der Waals surface area contributed by atoms with Crippen LogP contribution >= 0.6 is 15.9 Å². The molecular weight excluding hydrogens is 318 g/mol. The molecule has 0 atom stereocenters. The second-order valence-corrected chi connectivity index (χ2v) is 4.51. The average Bonchev–Trinajstić information content (AvgIpc) is 2.37. The van der Waals surface area contributed by atoms with Crippen molar-refractivity contribution in [1.82, 2.24) is 0 Å². The molecule has 2 aromatic carbocycles. The van der Waals surface area contributed by atoms with E-state index in [2.05, 4.69) is 26.6 Å². The molecule has 2 rings (SSSR count). The fourth-order valence-electron chi connectivity index (χ4n) is 1.45. The fourth-order valence-corrected chi connectivity index (χ4v) is 1.83. The summed E-state index contributed by atoms with van der Waals surface area (Å²) in [5.74, 6) is -1.66. The van der Waals surface area contributed by atoms with E-state index in [4.69, 9.17) is 0 Å². The number of carbonyl (C=O) groups excluding carboxylic acids is 1. The lowest BCUT2D eigenvalue weighted by molar-refractivity contribution is 0.262. The molecule has 0 heterocycles. The summed E-state index contributed by atoms with van der Waals surface area (Å²) in [6, 6.07) is 9.53. The van der Waals surface area contributed by atoms with E-state index in [0.717, 1.165) is 12.1 Å². The molecule has 0 aliphatic carbocycles. The Morgan fingerprint density at radius 2 is 1.58 bits per heavy atom. The second kappa shape index (κ2) is 5.79. The first-order chi connectivity index (χ1) is 9.08. The molecule has 0 spiro atoms. The Kier molecular flexibility index (Phi) is 4.11. The minimum absolute atomic E-state index is 0.480. The molecule has 98 valence electrons. The van der Waals surface area contributed by atoms with E-state index in [-0.39, 0.29) is 0 Å². The molecule has 2 N–H and O–H groups in total. The van der Waals surface area contributed by atoms with Crippen LogP contribution in [0.25, 0.3) is 0 Å². The molecule has 6 heteroatoms. The van der Waals surface area contributed by atoms with Gasteiger partial charge in [-0.1, -0.05) is 18.2 Å². The Balaban J connectivity index is 2.12. The highest BCUT2D eigenvalue weighted by Gasteiger charge is 2.12. The first-order valence-electron chi connectivity index (χ1n) is 5.34. The molecule has 2 amide bonds. The Labute approximate surface area is 116 Å². The lowest BCUT2D eigenvalue weighted by Gasteiger charge is -2.10. The van der Waals surface area contributed by atoms with E-state index in [1.807, 2.05) is 0 Å². The predicted octanol–water partition coefficient (Wildman–Crippen LogP) is 4.37. The third-order valence-corrected chi connectivity index (χ3v) is 3.01. The van der Waals surface area contributed by atoms with E-state index >= 15 is 0 Å². The Bertz CT molecular complexity index is 599. The zero-order chi connectivity index (χ0) is 13.8. The van der Waals surface area contributed by atoms with Crippen LogP contribution in [0.1, 0.15) is 0 Å². The summed E-state index contributed by atoms with van der Waals surface area (Å²) >= 11 is 3.25. The van der Waals surface area contributed by atoms with Crippen LogP contribution in [0.2, 0.25) is 0 Å². The SMILES string of the molecule is O=C(Nc1ccccc1Br)Nc1c(F)cccc1F. The molecule has 0 unspecified atom stereocenters. The van der Waals surface area contributed by atoms with Gasteiger partial charge in [0.15, 0.2) is 0 Å². The zero-order valence-corrected chi connectivity index (χ0v) is 11.2. The molecule has 0 saturated heterocycles. The van der Waals surface area contributed by atoms with Gasteiger partial charge in [0.05, 0.1) is 5.69 Å². The van der Waals surface area contributed by atoms with E-state index in [0.29, 0.717) is 10.2 Å². The van der Waals surface area contributed by atoms with Crippen molar-refractivity contribution in [3.8, 4) is 0 Å². The van der Waals surface area contributed by atoms with Crippen molar-refractivity contribution >= 4 is 33.3 Å². The predicted molar refractivity (Wildman–Crippen MR) is 73.1 cm³/mol. The van der Waals surface area contributed by atoms with Crippen molar-refractivity contribution in [1.29, 1.82) is 0 Å². The summed E-state index contributed by atoms with van der Waals surface area (Å²) in [6.45, 7) is 0.